The van der Waals surface area contributed by atoms with Gasteiger partial charge >= 0.3 is 5.97 Å². The zero-order chi connectivity index (χ0) is 18.3. The molecule has 1 fully saturated rings. The monoisotopic (exact) mass is 359 g/mol. The molecule has 0 unspecified atom stereocenters. The second-order valence-corrected chi connectivity index (χ2v) is 6.22. The van der Waals surface area contributed by atoms with Crippen molar-refractivity contribution in [1.82, 2.24) is 20.1 Å². The summed E-state index contributed by atoms with van der Waals surface area (Å²) >= 11 is 0. The van der Waals surface area contributed by atoms with Crippen LogP contribution in [0.2, 0.25) is 0 Å². The first-order valence-corrected chi connectivity index (χ1v) is 8.29. The summed E-state index contributed by atoms with van der Waals surface area (Å²) in [5, 5.41) is 12.4. The number of halogens is 1. The van der Waals surface area contributed by atoms with Crippen molar-refractivity contribution in [3.05, 3.63) is 53.5 Å². The Balaban J connectivity index is 1.67. The van der Waals surface area contributed by atoms with E-state index in [2.05, 4.69) is 14.9 Å². The molecule has 1 N–H and O–H groups in total. The van der Waals surface area contributed by atoms with Gasteiger partial charge in [-0.3, -0.25) is 9.82 Å². The summed E-state index contributed by atoms with van der Waals surface area (Å²) < 4.78 is 13.6. The molecule has 1 atom stereocenters. The van der Waals surface area contributed by atoms with E-state index in [1.165, 1.54) is 24.5 Å². The molecule has 0 aromatic carbocycles. The molecule has 8 nitrogen and oxygen atoms in total. The maximum atomic E-state index is 13.6. The lowest BCUT2D eigenvalue weighted by Gasteiger charge is -2.31. The number of carboxylic acid groups (broad SMARTS) is 1. The Kier molecular flexibility index (Phi) is 4.17. The molecule has 4 rings (SSSR count). The van der Waals surface area contributed by atoms with Crippen LogP contribution in [0.4, 0.5) is 4.39 Å². The lowest BCUT2D eigenvalue weighted by atomic mass is 10.1. The number of hydrogen-bond donors (Lipinski definition) is 1. The number of fused-ring (bicyclic) bond motifs is 1. The molecule has 0 saturated carbocycles. The number of aliphatic imine (C=N–C) groups is 1. The average Bonchev–Trinajstić information content (AvgIpc) is 3.26. The molecule has 9 heteroatoms. The number of amidine groups is 1. The van der Waals surface area contributed by atoms with Crippen LogP contribution in [0.25, 0.3) is 0 Å². The molecule has 1 saturated heterocycles. The van der Waals surface area contributed by atoms with Crippen LogP contribution in [-0.4, -0.2) is 57.2 Å². The Morgan fingerprint density at radius 1 is 1.42 bits per heavy atom. The van der Waals surface area contributed by atoms with Gasteiger partial charge in [0, 0.05) is 18.9 Å². The predicted molar refractivity (Wildman–Crippen MR) is 89.7 cm³/mol. The standard InChI is InChI=1S/C17H18FN5O3/c1-26-23-10-13(17(24)25)16-20-15(4-6-22(16)23)21-5-2-3-14(21)11-7-12(18)9-19-8-11/h4,6-9,14H,2-3,5,10H2,1H3,(H,24,25)/t14-/m1/s1. The summed E-state index contributed by atoms with van der Waals surface area (Å²) in [6.45, 7) is 0.869. The lowest BCUT2D eigenvalue weighted by Crippen LogP contribution is -2.37. The number of hydrazine groups is 1. The zero-order valence-corrected chi connectivity index (χ0v) is 14.2. The van der Waals surface area contributed by atoms with Gasteiger partial charge in [0.1, 0.15) is 11.7 Å². The van der Waals surface area contributed by atoms with E-state index in [9.17, 15) is 14.3 Å². The van der Waals surface area contributed by atoms with Gasteiger partial charge in [-0.2, -0.15) is 0 Å². The number of pyridine rings is 1. The van der Waals surface area contributed by atoms with E-state index >= 15 is 0 Å². The summed E-state index contributed by atoms with van der Waals surface area (Å²) in [6, 6.07) is 1.45. The molecule has 0 bridgehead atoms. The predicted octanol–water partition coefficient (Wildman–Crippen LogP) is 1.67. The van der Waals surface area contributed by atoms with Crippen LogP contribution >= 0.6 is 0 Å². The van der Waals surface area contributed by atoms with E-state index in [1.807, 2.05) is 6.08 Å². The highest BCUT2D eigenvalue weighted by Crippen LogP contribution is 2.35. The molecular formula is C17H18FN5O3. The van der Waals surface area contributed by atoms with Gasteiger partial charge in [-0.05, 0) is 30.5 Å². The van der Waals surface area contributed by atoms with Crippen LogP contribution < -0.4 is 0 Å². The number of nitrogens with zero attached hydrogens (tertiary/aromatic N) is 5. The summed E-state index contributed by atoms with van der Waals surface area (Å²) in [7, 11) is 1.48. The third-order valence-electron chi connectivity index (χ3n) is 4.73. The van der Waals surface area contributed by atoms with Gasteiger partial charge in [-0.1, -0.05) is 5.17 Å². The highest BCUT2D eigenvalue weighted by atomic mass is 19.1. The fraction of sp³-hybridized carbons (Fsp3) is 0.353. The van der Waals surface area contributed by atoms with Gasteiger partial charge in [-0.15, -0.1) is 0 Å². The molecule has 4 heterocycles. The van der Waals surface area contributed by atoms with Gasteiger partial charge in [-0.25, -0.2) is 19.2 Å². The minimum absolute atomic E-state index is 0.0399. The Bertz CT molecular complexity index is 837. The summed E-state index contributed by atoms with van der Waals surface area (Å²) in [5.74, 6) is -0.418. The molecule has 0 aliphatic carbocycles. The quantitative estimate of drug-likeness (QED) is 0.879. The van der Waals surface area contributed by atoms with Gasteiger partial charge in [0.2, 0.25) is 0 Å². The van der Waals surface area contributed by atoms with Gasteiger partial charge in [0.05, 0.1) is 31.5 Å². The van der Waals surface area contributed by atoms with Crippen LogP contribution in [-0.2, 0) is 9.63 Å². The van der Waals surface area contributed by atoms with Crippen molar-refractivity contribution in [2.75, 3.05) is 20.2 Å². The van der Waals surface area contributed by atoms with Crippen LogP contribution in [0.3, 0.4) is 0 Å². The van der Waals surface area contributed by atoms with Crippen molar-refractivity contribution in [1.29, 1.82) is 0 Å². The van der Waals surface area contributed by atoms with E-state index in [1.54, 1.807) is 17.4 Å². The number of hydroxylamine groups is 1. The van der Waals surface area contributed by atoms with Crippen LogP contribution in [0.1, 0.15) is 24.4 Å². The summed E-state index contributed by atoms with van der Waals surface area (Å²) in [6.07, 6.45) is 8.18. The third-order valence-corrected chi connectivity index (χ3v) is 4.73. The van der Waals surface area contributed by atoms with Crippen molar-refractivity contribution < 1.29 is 19.1 Å². The second-order valence-electron chi connectivity index (χ2n) is 6.22. The molecule has 0 amide bonds. The minimum Gasteiger partial charge on any atom is -0.478 e. The Hall–Kier alpha value is -2.78. The van der Waals surface area contributed by atoms with Crippen molar-refractivity contribution in [2.24, 2.45) is 4.99 Å². The molecule has 3 aliphatic rings. The Labute approximate surface area is 149 Å². The smallest absolute Gasteiger partial charge is 0.336 e. The first-order chi connectivity index (χ1) is 12.6. The number of rotatable bonds is 3. The van der Waals surface area contributed by atoms with Crippen LogP contribution in [0, 0.1) is 5.82 Å². The SMILES string of the molecule is CON1CC(C(=O)O)=C2N=C(N3CCC[C@@H]3c3cncc(F)c3)C=CN21. The van der Waals surface area contributed by atoms with E-state index in [0.717, 1.165) is 24.9 Å². The molecule has 3 aliphatic heterocycles. The number of likely N-dealkylation sites (tertiary alicyclic amines) is 1. The number of carbonyl (C=O) groups is 1. The number of aromatic nitrogens is 1. The number of hydrogen-bond acceptors (Lipinski definition) is 7. The summed E-state index contributed by atoms with van der Waals surface area (Å²) in [4.78, 5) is 27.3. The fourth-order valence-electron chi connectivity index (χ4n) is 3.55. The maximum Gasteiger partial charge on any atom is 0.336 e. The molecular weight excluding hydrogens is 341 g/mol. The van der Waals surface area contributed by atoms with Gasteiger partial charge in [0.25, 0.3) is 0 Å². The van der Waals surface area contributed by atoms with Gasteiger partial charge < -0.3 is 10.0 Å². The van der Waals surface area contributed by atoms with Crippen molar-refractivity contribution >= 4 is 11.8 Å². The molecule has 136 valence electrons. The molecule has 0 spiro atoms. The Morgan fingerprint density at radius 3 is 3.00 bits per heavy atom. The van der Waals surface area contributed by atoms with Crippen molar-refractivity contribution in [3.8, 4) is 0 Å². The highest BCUT2D eigenvalue weighted by molar-refractivity contribution is 5.96. The largest absolute Gasteiger partial charge is 0.478 e. The molecule has 1 aromatic rings. The Morgan fingerprint density at radius 2 is 2.27 bits per heavy atom. The molecule has 1 aromatic heterocycles. The first-order valence-electron chi connectivity index (χ1n) is 8.29. The number of carboxylic acids is 1. The van der Waals surface area contributed by atoms with E-state index in [0.29, 0.717) is 11.7 Å². The second kappa shape index (κ2) is 6.50. The van der Waals surface area contributed by atoms with Crippen molar-refractivity contribution in [2.45, 2.75) is 18.9 Å². The lowest BCUT2D eigenvalue weighted by molar-refractivity contribution is -0.219. The first kappa shape index (κ1) is 16.7. The molecule has 26 heavy (non-hydrogen) atoms. The maximum absolute atomic E-state index is 13.6. The summed E-state index contributed by atoms with van der Waals surface area (Å²) in [5.41, 5.74) is 0.954. The van der Waals surface area contributed by atoms with Gasteiger partial charge in [0.15, 0.2) is 5.82 Å². The van der Waals surface area contributed by atoms with E-state index in [4.69, 9.17) is 4.84 Å². The molecule has 0 radical (unpaired) electrons. The average molecular weight is 359 g/mol. The number of aliphatic carboxylic acids is 1. The third kappa shape index (κ3) is 2.74. The fourth-order valence-corrected chi connectivity index (χ4v) is 3.55. The zero-order valence-electron chi connectivity index (χ0n) is 14.2. The van der Waals surface area contributed by atoms with E-state index < -0.39 is 5.97 Å². The topological polar surface area (TPSA) is 81.5 Å². The van der Waals surface area contributed by atoms with Crippen molar-refractivity contribution in [3.63, 3.8) is 0 Å². The normalized spacial score (nSPS) is 22.8. The van der Waals surface area contributed by atoms with E-state index in [-0.39, 0.29) is 24.0 Å². The minimum atomic E-state index is -1.03. The highest BCUT2D eigenvalue weighted by Gasteiger charge is 2.37. The van der Waals surface area contributed by atoms with Crippen LogP contribution in [0.5, 0.6) is 0 Å². The van der Waals surface area contributed by atoms with Crippen LogP contribution in [0.15, 0.2) is 47.1 Å².